The first-order valence-corrected chi connectivity index (χ1v) is 10.7. The number of nitrogens with one attached hydrogen (secondary N) is 2. The van der Waals surface area contributed by atoms with Gasteiger partial charge in [-0.2, -0.15) is 0 Å². The van der Waals surface area contributed by atoms with E-state index in [-0.39, 0.29) is 24.2 Å². The van der Waals surface area contributed by atoms with Gasteiger partial charge in [0.05, 0.1) is 40.1 Å². The minimum absolute atomic E-state index is 0.0419. The molecule has 1 aliphatic rings. The molecule has 1 aromatic rings. The van der Waals surface area contributed by atoms with Gasteiger partial charge in [-0.15, -0.1) is 0 Å². The minimum Gasteiger partial charge on any atom is -0.493 e. The fourth-order valence-corrected chi connectivity index (χ4v) is 4.52. The average Bonchev–Trinajstić information content (AvgIpc) is 2.67. The number of methoxy groups -OCH3 is 2. The molecule has 2 rings (SSSR count). The number of ether oxygens (including phenoxy) is 2. The molecule has 27 heavy (non-hydrogen) atoms. The van der Waals surface area contributed by atoms with Crippen LogP contribution in [0.15, 0.2) is 18.2 Å². The van der Waals surface area contributed by atoms with Crippen LogP contribution in [0.4, 0.5) is 0 Å². The van der Waals surface area contributed by atoms with E-state index in [1.807, 2.05) is 0 Å². The van der Waals surface area contributed by atoms with E-state index < -0.39 is 10.0 Å². The van der Waals surface area contributed by atoms with E-state index in [9.17, 15) is 13.2 Å². The molecule has 1 heterocycles. The van der Waals surface area contributed by atoms with Crippen molar-refractivity contribution in [1.82, 2.24) is 9.62 Å². The number of hydrogen-bond acceptors (Lipinski definition) is 5. The van der Waals surface area contributed by atoms with E-state index in [4.69, 9.17) is 9.47 Å². The number of rotatable bonds is 8. The number of amides is 1. The van der Waals surface area contributed by atoms with Gasteiger partial charge in [-0.1, -0.05) is 0 Å². The summed E-state index contributed by atoms with van der Waals surface area (Å²) < 4.78 is 36.9. The lowest BCUT2D eigenvalue weighted by Crippen LogP contribution is -3.10. The maximum Gasteiger partial charge on any atom is 0.251 e. The highest BCUT2D eigenvalue weighted by molar-refractivity contribution is 7.89. The topological polar surface area (TPSA) is 89.4 Å². The van der Waals surface area contributed by atoms with Gasteiger partial charge in [-0.25, -0.2) is 12.7 Å². The Bertz CT molecular complexity index is 745. The molecule has 0 atom stereocenters. The summed E-state index contributed by atoms with van der Waals surface area (Å²) in [5.41, 5.74) is 0.386. The SMILES string of the molecule is COc1ccc(C(=O)NCCS(=O)(=O)N(C)C2CC[NH+](C)CC2)cc1OC. The van der Waals surface area contributed by atoms with E-state index in [0.717, 1.165) is 25.9 Å². The van der Waals surface area contributed by atoms with Crippen molar-refractivity contribution in [3.8, 4) is 11.5 Å². The van der Waals surface area contributed by atoms with Gasteiger partial charge in [0, 0.05) is 38.0 Å². The summed E-state index contributed by atoms with van der Waals surface area (Å²) in [5, 5.41) is 2.66. The zero-order chi connectivity index (χ0) is 20.0. The molecule has 0 saturated carbocycles. The van der Waals surface area contributed by atoms with Crippen LogP contribution in [0.1, 0.15) is 23.2 Å². The number of nitrogens with zero attached hydrogens (tertiary/aromatic N) is 1. The third-order valence-electron chi connectivity index (χ3n) is 5.05. The molecule has 1 amide bonds. The fourth-order valence-electron chi connectivity index (χ4n) is 3.20. The smallest absolute Gasteiger partial charge is 0.251 e. The van der Waals surface area contributed by atoms with Crippen LogP contribution >= 0.6 is 0 Å². The van der Waals surface area contributed by atoms with E-state index in [1.165, 1.54) is 23.4 Å². The number of hydrogen-bond donors (Lipinski definition) is 2. The van der Waals surface area contributed by atoms with Crippen molar-refractivity contribution in [3.05, 3.63) is 23.8 Å². The fraction of sp³-hybridized carbons (Fsp3) is 0.611. The van der Waals surface area contributed by atoms with Crippen molar-refractivity contribution in [1.29, 1.82) is 0 Å². The number of quaternary nitrogens is 1. The maximum absolute atomic E-state index is 12.5. The van der Waals surface area contributed by atoms with Crippen LogP contribution in [-0.4, -0.2) is 78.4 Å². The van der Waals surface area contributed by atoms with E-state index in [1.54, 1.807) is 25.2 Å². The lowest BCUT2D eigenvalue weighted by molar-refractivity contribution is -0.885. The normalized spacial score (nSPS) is 20.3. The molecule has 0 aliphatic carbocycles. The molecule has 1 aromatic carbocycles. The average molecular weight is 401 g/mol. The van der Waals surface area contributed by atoms with Crippen LogP contribution in [0.2, 0.25) is 0 Å². The van der Waals surface area contributed by atoms with Crippen LogP contribution in [0.3, 0.4) is 0 Å². The first-order chi connectivity index (χ1) is 12.8. The third-order valence-corrected chi connectivity index (χ3v) is 6.95. The Balaban J connectivity index is 1.90. The molecule has 8 nitrogen and oxygen atoms in total. The number of benzene rings is 1. The van der Waals surface area contributed by atoms with Crippen molar-refractivity contribution in [2.45, 2.75) is 18.9 Å². The molecule has 0 aromatic heterocycles. The minimum atomic E-state index is -3.41. The van der Waals surface area contributed by atoms with Crippen LogP contribution in [0.5, 0.6) is 11.5 Å². The van der Waals surface area contributed by atoms with Gasteiger partial charge >= 0.3 is 0 Å². The Morgan fingerprint density at radius 3 is 2.44 bits per heavy atom. The summed E-state index contributed by atoms with van der Waals surface area (Å²) in [6, 6.07) is 4.86. The molecule has 2 N–H and O–H groups in total. The van der Waals surface area contributed by atoms with Gasteiger partial charge < -0.3 is 19.7 Å². The number of likely N-dealkylation sites (tertiary alicyclic amines) is 1. The molecular weight excluding hydrogens is 370 g/mol. The monoisotopic (exact) mass is 400 g/mol. The second-order valence-electron chi connectivity index (χ2n) is 6.85. The lowest BCUT2D eigenvalue weighted by Gasteiger charge is -2.32. The predicted octanol–water partition coefficient (Wildman–Crippen LogP) is -0.628. The first kappa shape index (κ1) is 21.5. The number of piperidine rings is 1. The Morgan fingerprint density at radius 1 is 1.22 bits per heavy atom. The first-order valence-electron chi connectivity index (χ1n) is 9.05. The summed E-state index contributed by atoms with van der Waals surface area (Å²) in [5.74, 6) is 0.499. The Hall–Kier alpha value is -1.84. The number of sulfonamides is 1. The second-order valence-corrected chi connectivity index (χ2v) is 8.99. The van der Waals surface area contributed by atoms with Crippen molar-refractivity contribution in [2.24, 2.45) is 0 Å². The quantitative estimate of drug-likeness (QED) is 0.607. The summed E-state index contributed by atoms with van der Waals surface area (Å²) in [4.78, 5) is 13.7. The molecular formula is C18H30N3O5S+. The summed E-state index contributed by atoms with van der Waals surface area (Å²) >= 11 is 0. The van der Waals surface area contributed by atoms with E-state index in [2.05, 4.69) is 12.4 Å². The van der Waals surface area contributed by atoms with Crippen LogP contribution in [0, 0.1) is 0 Å². The molecule has 1 aliphatic heterocycles. The van der Waals surface area contributed by atoms with Crippen LogP contribution in [-0.2, 0) is 10.0 Å². The van der Waals surface area contributed by atoms with Crippen molar-refractivity contribution < 1.29 is 27.6 Å². The van der Waals surface area contributed by atoms with Gasteiger partial charge in [-0.05, 0) is 18.2 Å². The molecule has 1 fully saturated rings. The largest absolute Gasteiger partial charge is 0.493 e. The standard InChI is InChI=1S/C18H29N3O5S/c1-20-10-7-15(8-11-20)21(2)27(23,24)12-9-19-18(22)14-5-6-16(25-3)17(13-14)26-4/h5-6,13,15H,7-12H2,1-4H3,(H,19,22)/p+1. The Morgan fingerprint density at radius 2 is 1.85 bits per heavy atom. The van der Waals surface area contributed by atoms with Crippen LogP contribution < -0.4 is 19.7 Å². The lowest BCUT2D eigenvalue weighted by atomic mass is 10.1. The van der Waals surface area contributed by atoms with Crippen molar-refractivity contribution in [2.75, 3.05) is 53.7 Å². The molecule has 0 spiro atoms. The zero-order valence-electron chi connectivity index (χ0n) is 16.4. The van der Waals surface area contributed by atoms with Crippen molar-refractivity contribution in [3.63, 3.8) is 0 Å². The third kappa shape index (κ3) is 5.57. The predicted molar refractivity (Wildman–Crippen MR) is 103 cm³/mol. The highest BCUT2D eigenvalue weighted by atomic mass is 32.2. The van der Waals surface area contributed by atoms with Gasteiger partial charge in [0.2, 0.25) is 10.0 Å². The number of carbonyl (C=O) groups excluding carboxylic acids is 1. The second kappa shape index (κ2) is 9.38. The number of carbonyl (C=O) groups is 1. The summed E-state index contributed by atoms with van der Waals surface area (Å²) in [6.07, 6.45) is 1.72. The van der Waals surface area contributed by atoms with Gasteiger partial charge in [0.15, 0.2) is 11.5 Å². The Labute approximate surface area is 161 Å². The van der Waals surface area contributed by atoms with E-state index in [0.29, 0.717) is 17.1 Å². The molecule has 9 heteroatoms. The highest BCUT2D eigenvalue weighted by Crippen LogP contribution is 2.27. The maximum atomic E-state index is 12.5. The molecule has 0 radical (unpaired) electrons. The summed E-state index contributed by atoms with van der Waals surface area (Å²) in [6.45, 7) is 2.00. The molecule has 1 saturated heterocycles. The molecule has 0 unspecified atom stereocenters. The zero-order valence-corrected chi connectivity index (χ0v) is 17.3. The summed E-state index contributed by atoms with van der Waals surface area (Å²) in [7, 11) is 3.35. The molecule has 152 valence electrons. The van der Waals surface area contributed by atoms with Gasteiger partial charge in [0.25, 0.3) is 5.91 Å². The Kier molecular flexibility index (Phi) is 7.46. The van der Waals surface area contributed by atoms with E-state index >= 15 is 0 Å². The van der Waals surface area contributed by atoms with Crippen molar-refractivity contribution >= 4 is 15.9 Å². The van der Waals surface area contributed by atoms with Crippen LogP contribution in [0.25, 0.3) is 0 Å². The van der Waals surface area contributed by atoms with Gasteiger partial charge in [-0.3, -0.25) is 4.79 Å². The van der Waals surface area contributed by atoms with Gasteiger partial charge in [0.1, 0.15) is 0 Å². The highest BCUT2D eigenvalue weighted by Gasteiger charge is 2.30. The molecule has 0 bridgehead atoms.